The first-order valence-corrected chi connectivity index (χ1v) is 24.8. The van der Waals surface area contributed by atoms with Gasteiger partial charge in [-0.25, -0.2) is 4.79 Å². The molecule has 4 aromatic carbocycles. The van der Waals surface area contributed by atoms with Gasteiger partial charge in [-0.05, 0) is 94.5 Å². The van der Waals surface area contributed by atoms with Crippen molar-refractivity contribution in [3.8, 4) is 23.0 Å². The number of methoxy groups -OCH3 is 3. The normalized spacial score (nSPS) is 13.6. The van der Waals surface area contributed by atoms with Gasteiger partial charge in [-0.15, -0.1) is 0 Å². The average Bonchev–Trinajstić information content (AvgIpc) is 3.93. The van der Waals surface area contributed by atoms with Gasteiger partial charge >= 0.3 is 6.09 Å². The van der Waals surface area contributed by atoms with E-state index in [4.69, 9.17) is 28.5 Å². The van der Waals surface area contributed by atoms with Crippen LogP contribution < -0.4 is 33.6 Å². The number of aliphatic imine (C=N–C) groups is 1. The summed E-state index contributed by atoms with van der Waals surface area (Å²) in [7, 11) is 9.92. The zero-order chi connectivity index (χ0) is 48.3. The molecule has 1 atom stereocenters. The van der Waals surface area contributed by atoms with Crippen LogP contribution >= 0.6 is 21.6 Å². The van der Waals surface area contributed by atoms with Gasteiger partial charge in [0.25, 0.3) is 12.4 Å². The van der Waals surface area contributed by atoms with Crippen molar-refractivity contribution >= 4 is 75.8 Å². The fourth-order valence-corrected chi connectivity index (χ4v) is 10.4. The number of ether oxygens (including phenoxy) is 6. The van der Waals surface area contributed by atoms with Gasteiger partial charge in [0.15, 0.2) is 29.3 Å². The smallest absolute Gasteiger partial charge is 0.414 e. The third-order valence-electron chi connectivity index (χ3n) is 11.3. The maximum atomic E-state index is 14.2. The highest BCUT2D eigenvalue weighted by molar-refractivity contribution is 8.77. The van der Waals surface area contributed by atoms with Crippen LogP contribution in [0.4, 0.5) is 27.5 Å². The summed E-state index contributed by atoms with van der Waals surface area (Å²) in [6.07, 6.45) is 6.18. The molecular formula is C51H64N4O10S2. The molecule has 0 aliphatic carbocycles. The highest BCUT2D eigenvalue weighted by Gasteiger charge is 2.34. The molecular weight excluding hydrogens is 893 g/mol. The summed E-state index contributed by atoms with van der Waals surface area (Å²) in [6, 6.07) is 22.8. The van der Waals surface area contributed by atoms with E-state index in [1.54, 1.807) is 62.8 Å². The van der Waals surface area contributed by atoms with E-state index in [0.717, 1.165) is 61.1 Å². The number of amides is 2. The van der Waals surface area contributed by atoms with Gasteiger partial charge in [0.2, 0.25) is 0 Å². The van der Waals surface area contributed by atoms with Crippen LogP contribution in [0.15, 0.2) is 77.8 Å². The van der Waals surface area contributed by atoms with Gasteiger partial charge in [0.1, 0.15) is 6.61 Å². The number of likely N-dealkylation sites (N-methyl/N-ethyl adjacent to an activating group) is 1. The van der Waals surface area contributed by atoms with Crippen molar-refractivity contribution in [1.29, 1.82) is 0 Å². The minimum atomic E-state index is -0.531. The van der Waals surface area contributed by atoms with Crippen LogP contribution in [0.25, 0.3) is 0 Å². The van der Waals surface area contributed by atoms with Crippen LogP contribution in [0.5, 0.6) is 23.0 Å². The number of hydrogen-bond donors (Lipinski definition) is 0. The summed E-state index contributed by atoms with van der Waals surface area (Å²) >= 11 is 0. The van der Waals surface area contributed by atoms with Gasteiger partial charge in [-0.2, -0.15) is 0 Å². The van der Waals surface area contributed by atoms with Crippen molar-refractivity contribution in [3.63, 3.8) is 0 Å². The molecule has 16 heteroatoms. The third kappa shape index (κ3) is 13.8. The summed E-state index contributed by atoms with van der Waals surface area (Å²) in [4.78, 5) is 59.2. The lowest BCUT2D eigenvalue weighted by Gasteiger charge is -2.32. The molecule has 2 aliphatic heterocycles. The SMILES string of the molecule is C=Nc1cc(OCCCCCOc2cc(N(CC3Cc4ccccc4N3C)C(=O)OCC(C)(C)SSCCCC)c(C=O)cc2OC)c(OC)cc1C(=O)N1CCc2ccccc21.COC=O. The number of rotatable bonds is 24. The lowest BCUT2D eigenvalue weighted by molar-refractivity contribution is -0.126. The Hall–Kier alpha value is -5.87. The fraction of sp³-hybridized carbons (Fsp3) is 0.431. The molecule has 14 nitrogen and oxygen atoms in total. The Labute approximate surface area is 403 Å². The van der Waals surface area contributed by atoms with Crippen LogP contribution in [-0.4, -0.2) is 109 Å². The first kappa shape index (κ1) is 52.1. The predicted molar refractivity (Wildman–Crippen MR) is 270 cm³/mol. The summed E-state index contributed by atoms with van der Waals surface area (Å²) in [5, 5.41) is 0. The Kier molecular flexibility index (Phi) is 20.1. The number of unbranched alkanes of at least 4 members (excludes halogenated alkanes) is 3. The molecule has 1 unspecified atom stereocenters. The quantitative estimate of drug-likeness (QED) is 0.0284. The van der Waals surface area contributed by atoms with Crippen molar-refractivity contribution in [1.82, 2.24) is 0 Å². The maximum absolute atomic E-state index is 14.2. The van der Waals surface area contributed by atoms with Crippen LogP contribution in [-0.2, 0) is 27.1 Å². The first-order chi connectivity index (χ1) is 32.4. The van der Waals surface area contributed by atoms with Gasteiger partial charge in [-0.3, -0.25) is 24.3 Å². The van der Waals surface area contributed by atoms with Gasteiger partial charge in [-0.1, -0.05) is 71.3 Å². The van der Waals surface area contributed by atoms with Crippen molar-refractivity contribution in [2.75, 3.05) is 81.7 Å². The molecule has 360 valence electrons. The summed E-state index contributed by atoms with van der Waals surface area (Å²) in [5.74, 6) is 2.59. The second kappa shape index (κ2) is 25.9. The number of anilines is 3. The van der Waals surface area contributed by atoms with Crippen molar-refractivity contribution in [2.24, 2.45) is 4.99 Å². The van der Waals surface area contributed by atoms with Gasteiger partial charge in [0, 0.05) is 55.0 Å². The second-order valence-corrected chi connectivity index (χ2v) is 19.7. The van der Waals surface area contributed by atoms with E-state index in [1.807, 2.05) is 43.4 Å². The Morgan fingerprint density at radius 2 is 1.51 bits per heavy atom. The van der Waals surface area contributed by atoms with Crippen molar-refractivity contribution < 1.29 is 47.6 Å². The third-order valence-corrected chi connectivity index (χ3v) is 14.7. The molecule has 0 fully saturated rings. The van der Waals surface area contributed by atoms with Crippen LogP contribution in [0, 0.1) is 0 Å². The number of hydrogen-bond acceptors (Lipinski definition) is 14. The number of aldehydes is 1. The first-order valence-electron chi connectivity index (χ1n) is 22.5. The lowest BCUT2D eigenvalue weighted by atomic mass is 10.1. The standard InChI is InChI=1S/C49H60N4O8S2.C2H4O2/c1-8-9-25-62-63-49(2,3)33-61-48(56)53(31-37-26-35-18-12-13-19-40(35)51(37)5)42-30-46(43(57-6)27-36(42)32-54)60-24-16-10-15-23-59-45-29-39(50-4)38(28-44(45)58-7)47(55)52-22-21-34-17-11-14-20-41(34)52;1-4-2-3/h11-14,17-20,27-30,32,37H,4,8-10,15-16,21-26,31,33H2,1-3,5-7H3;2H,1H3. The highest BCUT2D eigenvalue weighted by atomic mass is 33.1. The average molecular weight is 957 g/mol. The minimum absolute atomic E-state index is 0.0526. The maximum Gasteiger partial charge on any atom is 0.414 e. The molecule has 6 rings (SSSR count). The van der Waals surface area contributed by atoms with Crippen LogP contribution in [0.1, 0.15) is 84.7 Å². The highest BCUT2D eigenvalue weighted by Crippen LogP contribution is 2.41. The summed E-state index contributed by atoms with van der Waals surface area (Å²) < 4.78 is 33.4. The number of para-hydroxylation sites is 2. The van der Waals surface area contributed by atoms with E-state index < -0.39 is 6.09 Å². The Morgan fingerprint density at radius 1 is 0.866 bits per heavy atom. The Balaban J connectivity index is 0.00000202. The molecule has 2 heterocycles. The number of benzene rings is 4. The van der Waals surface area contributed by atoms with Gasteiger partial charge < -0.3 is 38.2 Å². The molecule has 2 amide bonds. The monoisotopic (exact) mass is 956 g/mol. The number of carbonyl (C=O) groups excluding carboxylic acids is 4. The largest absolute Gasteiger partial charge is 0.493 e. The molecule has 4 aromatic rings. The Bertz CT molecular complexity index is 2310. The van der Waals surface area contributed by atoms with E-state index >= 15 is 0 Å². The molecule has 0 saturated carbocycles. The van der Waals surface area contributed by atoms with E-state index in [9.17, 15) is 14.4 Å². The van der Waals surface area contributed by atoms with Crippen molar-refractivity contribution in [2.45, 2.75) is 76.5 Å². The fourth-order valence-electron chi connectivity index (χ4n) is 7.75. The van der Waals surface area contributed by atoms with E-state index in [0.29, 0.717) is 84.6 Å². The minimum Gasteiger partial charge on any atom is -0.493 e. The molecule has 67 heavy (non-hydrogen) atoms. The molecule has 2 aliphatic rings. The van der Waals surface area contributed by atoms with Crippen LogP contribution in [0.2, 0.25) is 0 Å². The number of nitrogens with zero attached hydrogens (tertiary/aromatic N) is 4. The van der Waals surface area contributed by atoms with E-state index in [2.05, 4.69) is 54.3 Å². The Morgan fingerprint density at radius 3 is 2.13 bits per heavy atom. The second-order valence-electron chi connectivity index (χ2n) is 16.6. The number of fused-ring (bicyclic) bond motifs is 2. The molecule has 0 saturated heterocycles. The lowest BCUT2D eigenvalue weighted by Crippen LogP contribution is -2.45. The van der Waals surface area contributed by atoms with Crippen molar-refractivity contribution in [3.05, 3.63) is 95.1 Å². The summed E-state index contributed by atoms with van der Waals surface area (Å²) in [6.45, 7) is 12.2. The molecule has 0 N–H and O–H groups in total. The predicted octanol–water partition coefficient (Wildman–Crippen LogP) is 10.4. The molecule has 0 aromatic heterocycles. The number of carbonyl (C=O) groups is 4. The topological polar surface area (TPSA) is 146 Å². The molecule has 0 radical (unpaired) electrons. The summed E-state index contributed by atoms with van der Waals surface area (Å²) in [5.41, 5.74) is 5.86. The van der Waals surface area contributed by atoms with E-state index in [-0.39, 0.29) is 29.8 Å². The van der Waals surface area contributed by atoms with E-state index in [1.165, 1.54) is 19.8 Å². The van der Waals surface area contributed by atoms with Crippen LogP contribution in [0.3, 0.4) is 0 Å². The molecule has 0 bridgehead atoms. The zero-order valence-electron chi connectivity index (χ0n) is 39.7. The van der Waals surface area contributed by atoms with Gasteiger partial charge in [0.05, 0.1) is 62.3 Å². The molecule has 0 spiro atoms. The zero-order valence-corrected chi connectivity index (χ0v) is 41.4.